The van der Waals surface area contributed by atoms with Gasteiger partial charge in [0, 0.05) is 17.0 Å². The first-order chi connectivity index (χ1) is 18.9. The van der Waals surface area contributed by atoms with E-state index in [2.05, 4.69) is 13.8 Å². The molecule has 2 aliphatic rings. The van der Waals surface area contributed by atoms with Crippen LogP contribution in [-0.2, 0) is 16.6 Å². The molecule has 2 unspecified atom stereocenters. The Labute approximate surface area is 229 Å². The molecule has 0 bridgehead atoms. The summed E-state index contributed by atoms with van der Waals surface area (Å²) >= 11 is 0. The lowest BCUT2D eigenvalue weighted by atomic mass is 9.67. The molecule has 7 heteroatoms. The Morgan fingerprint density at radius 3 is 2.54 bits per heavy atom. The van der Waals surface area contributed by atoms with E-state index in [-0.39, 0.29) is 13.2 Å². The first kappa shape index (κ1) is 26.7. The fourth-order valence-corrected chi connectivity index (χ4v) is 5.76. The van der Waals surface area contributed by atoms with Gasteiger partial charge in [-0.2, -0.15) is 0 Å². The Bertz CT molecular complexity index is 1350. The number of rotatable bonds is 11. The molecule has 0 aromatic heterocycles. The van der Waals surface area contributed by atoms with Crippen molar-refractivity contribution in [2.24, 2.45) is 5.92 Å². The molecule has 206 valence electrons. The van der Waals surface area contributed by atoms with Crippen molar-refractivity contribution in [1.29, 1.82) is 0 Å². The van der Waals surface area contributed by atoms with Crippen LogP contribution in [0.25, 0.3) is 0 Å². The van der Waals surface area contributed by atoms with E-state index in [1.54, 1.807) is 7.11 Å². The van der Waals surface area contributed by atoms with E-state index in [9.17, 15) is 9.90 Å². The normalized spacial score (nSPS) is 19.2. The number of ether oxygens (including phenoxy) is 5. The summed E-state index contributed by atoms with van der Waals surface area (Å²) in [6.45, 7) is 7.51. The molecule has 1 heterocycles. The van der Waals surface area contributed by atoms with Crippen molar-refractivity contribution in [2.75, 3.05) is 27.1 Å². The number of hydrogen-bond acceptors (Lipinski definition) is 6. The highest BCUT2D eigenvalue weighted by molar-refractivity contribution is 5.88. The van der Waals surface area contributed by atoms with Crippen molar-refractivity contribution in [3.05, 3.63) is 76.9 Å². The minimum Gasteiger partial charge on any atom is -0.493 e. The van der Waals surface area contributed by atoms with E-state index in [0.717, 1.165) is 29.5 Å². The Kier molecular flexibility index (Phi) is 7.60. The third kappa shape index (κ3) is 4.75. The van der Waals surface area contributed by atoms with Gasteiger partial charge < -0.3 is 28.8 Å². The molecule has 0 saturated heterocycles. The summed E-state index contributed by atoms with van der Waals surface area (Å²) in [5.74, 6) is 2.03. The molecule has 3 aromatic rings. The predicted molar refractivity (Wildman–Crippen MR) is 148 cm³/mol. The van der Waals surface area contributed by atoms with E-state index >= 15 is 0 Å². The SMILES string of the molecule is CCCOc1ccc2c(c1OC)CC(C(=O)O)(c1ccccc1OCCC(C)C)C2c1ccc2c(c1)OCO2. The maximum Gasteiger partial charge on any atom is 0.315 e. The van der Waals surface area contributed by atoms with Gasteiger partial charge in [-0.25, -0.2) is 0 Å². The van der Waals surface area contributed by atoms with Crippen molar-refractivity contribution in [1.82, 2.24) is 0 Å². The lowest BCUT2D eigenvalue weighted by Gasteiger charge is -2.34. The zero-order chi connectivity index (χ0) is 27.6. The van der Waals surface area contributed by atoms with Crippen LogP contribution in [0.4, 0.5) is 0 Å². The Morgan fingerprint density at radius 2 is 1.79 bits per heavy atom. The van der Waals surface area contributed by atoms with Crippen LogP contribution in [0.1, 0.15) is 61.8 Å². The summed E-state index contributed by atoms with van der Waals surface area (Å²) in [4.78, 5) is 13.6. The molecule has 7 nitrogen and oxygen atoms in total. The summed E-state index contributed by atoms with van der Waals surface area (Å²) in [6.07, 6.45) is 1.93. The molecule has 5 rings (SSSR count). The van der Waals surface area contributed by atoms with E-state index in [0.29, 0.717) is 53.4 Å². The molecule has 3 aromatic carbocycles. The lowest BCUT2D eigenvalue weighted by Crippen LogP contribution is -2.41. The fourth-order valence-electron chi connectivity index (χ4n) is 5.76. The average molecular weight is 533 g/mol. The van der Waals surface area contributed by atoms with Crippen molar-refractivity contribution in [3.63, 3.8) is 0 Å². The number of benzene rings is 3. The molecule has 1 aliphatic carbocycles. The molecule has 0 amide bonds. The van der Waals surface area contributed by atoms with E-state index in [4.69, 9.17) is 23.7 Å². The van der Waals surface area contributed by atoms with Crippen LogP contribution in [-0.4, -0.2) is 38.2 Å². The molecule has 0 spiro atoms. The molecule has 39 heavy (non-hydrogen) atoms. The van der Waals surface area contributed by atoms with Crippen molar-refractivity contribution < 1.29 is 33.6 Å². The van der Waals surface area contributed by atoms with Gasteiger partial charge in [0.05, 0.1) is 20.3 Å². The smallest absolute Gasteiger partial charge is 0.315 e. The van der Waals surface area contributed by atoms with Crippen LogP contribution in [0, 0.1) is 5.92 Å². The second kappa shape index (κ2) is 11.1. The quantitative estimate of drug-likeness (QED) is 0.308. The van der Waals surface area contributed by atoms with E-state index in [1.807, 2.05) is 61.5 Å². The summed E-state index contributed by atoms with van der Waals surface area (Å²) in [5, 5.41) is 11.1. The minimum absolute atomic E-state index is 0.141. The number of carbonyl (C=O) groups is 1. The Hall–Kier alpha value is -3.87. The standard InChI is InChI=1S/C32H36O7/c1-5-15-36-27-13-11-22-23(30(27)35-4)18-32(31(33)34,24-8-6-7-9-25(24)37-16-14-20(2)3)29(22)21-10-12-26-28(17-21)39-19-38-26/h6-13,17,20,29H,5,14-16,18-19H2,1-4H3,(H,33,34). The van der Waals surface area contributed by atoms with Crippen molar-refractivity contribution >= 4 is 5.97 Å². The zero-order valence-corrected chi connectivity index (χ0v) is 23.0. The number of carboxylic acid groups (broad SMARTS) is 1. The van der Waals surface area contributed by atoms with Gasteiger partial charge in [-0.15, -0.1) is 0 Å². The van der Waals surface area contributed by atoms with Gasteiger partial charge in [-0.3, -0.25) is 4.79 Å². The third-order valence-corrected chi connectivity index (χ3v) is 7.62. The maximum absolute atomic E-state index is 13.6. The topological polar surface area (TPSA) is 83.5 Å². The lowest BCUT2D eigenvalue weighted by molar-refractivity contribution is -0.144. The number of para-hydroxylation sites is 1. The van der Waals surface area contributed by atoms with Gasteiger partial charge in [0.1, 0.15) is 11.2 Å². The molecule has 1 N–H and O–H groups in total. The highest BCUT2D eigenvalue weighted by Crippen LogP contribution is 2.58. The number of aliphatic carboxylic acids is 1. The molecule has 0 radical (unpaired) electrons. The molecule has 2 atom stereocenters. The highest BCUT2D eigenvalue weighted by Gasteiger charge is 2.56. The first-order valence-corrected chi connectivity index (χ1v) is 13.6. The molecule has 0 fully saturated rings. The van der Waals surface area contributed by atoms with Gasteiger partial charge in [-0.05, 0) is 60.6 Å². The second-order valence-electron chi connectivity index (χ2n) is 10.5. The van der Waals surface area contributed by atoms with Gasteiger partial charge in [0.2, 0.25) is 6.79 Å². The zero-order valence-electron chi connectivity index (χ0n) is 23.0. The van der Waals surface area contributed by atoms with Crippen molar-refractivity contribution in [2.45, 2.75) is 51.4 Å². The molecular weight excluding hydrogens is 496 g/mol. The first-order valence-electron chi connectivity index (χ1n) is 13.6. The molecular formula is C32H36O7. The molecule has 0 saturated carbocycles. The average Bonchev–Trinajstić information content (AvgIpc) is 3.54. The van der Waals surface area contributed by atoms with Crippen LogP contribution >= 0.6 is 0 Å². The number of hydrogen-bond donors (Lipinski definition) is 1. The van der Waals surface area contributed by atoms with Crippen LogP contribution in [0.3, 0.4) is 0 Å². The second-order valence-corrected chi connectivity index (χ2v) is 10.5. The maximum atomic E-state index is 13.6. The van der Waals surface area contributed by atoms with Crippen LogP contribution in [0.15, 0.2) is 54.6 Å². The fraction of sp³-hybridized carbons (Fsp3) is 0.406. The monoisotopic (exact) mass is 532 g/mol. The highest BCUT2D eigenvalue weighted by atomic mass is 16.7. The third-order valence-electron chi connectivity index (χ3n) is 7.62. The van der Waals surface area contributed by atoms with E-state index in [1.165, 1.54) is 0 Å². The van der Waals surface area contributed by atoms with Crippen LogP contribution in [0.5, 0.6) is 28.7 Å². The van der Waals surface area contributed by atoms with Gasteiger partial charge >= 0.3 is 5.97 Å². The summed E-state index contributed by atoms with van der Waals surface area (Å²) in [7, 11) is 1.60. The van der Waals surface area contributed by atoms with Crippen LogP contribution < -0.4 is 23.7 Å². The van der Waals surface area contributed by atoms with Gasteiger partial charge in [0.25, 0.3) is 0 Å². The summed E-state index contributed by atoms with van der Waals surface area (Å²) < 4.78 is 29.4. The molecule has 1 aliphatic heterocycles. The summed E-state index contributed by atoms with van der Waals surface area (Å²) in [6, 6.07) is 17.1. The Balaban J connectivity index is 1.72. The van der Waals surface area contributed by atoms with Gasteiger partial charge in [-0.1, -0.05) is 51.1 Å². The largest absolute Gasteiger partial charge is 0.493 e. The van der Waals surface area contributed by atoms with Gasteiger partial charge in [0.15, 0.2) is 23.0 Å². The van der Waals surface area contributed by atoms with Crippen LogP contribution in [0.2, 0.25) is 0 Å². The van der Waals surface area contributed by atoms with E-state index < -0.39 is 17.3 Å². The number of methoxy groups -OCH3 is 1. The number of carboxylic acids is 1. The van der Waals surface area contributed by atoms with Crippen molar-refractivity contribution in [3.8, 4) is 28.7 Å². The number of fused-ring (bicyclic) bond motifs is 2. The predicted octanol–water partition coefficient (Wildman–Crippen LogP) is 6.35. The minimum atomic E-state index is -1.36. The summed E-state index contributed by atoms with van der Waals surface area (Å²) in [5.41, 5.74) is 1.81. The Morgan fingerprint density at radius 1 is 1.03 bits per heavy atom.